The first-order valence-corrected chi connectivity index (χ1v) is 12.8. The smallest absolute Gasteiger partial charge is 0.303 e. The normalized spacial score (nSPS) is 14.9. The number of hydrogen-bond donors (Lipinski definition) is 2. The molecule has 2 N–H and O–H groups in total. The zero-order chi connectivity index (χ0) is 26.8. The van der Waals surface area contributed by atoms with E-state index in [2.05, 4.69) is 26.0 Å². The third-order valence-corrected chi connectivity index (χ3v) is 7.04. The maximum absolute atomic E-state index is 13.6. The number of benzene rings is 3. The van der Waals surface area contributed by atoms with E-state index < -0.39 is 17.9 Å². The SMILES string of the molecule is COc1ccc(C2CC(c3c(-c4ccccc4)c4cc(Br)ccc4[nH]c3=O)=NN2C(=O)CCC(=O)O)cc1. The molecular formula is C29H24BrN3O5. The van der Waals surface area contributed by atoms with Gasteiger partial charge in [0.15, 0.2) is 0 Å². The molecule has 192 valence electrons. The molecule has 38 heavy (non-hydrogen) atoms. The summed E-state index contributed by atoms with van der Waals surface area (Å²) >= 11 is 3.54. The number of carboxylic acid groups (broad SMARTS) is 1. The maximum Gasteiger partial charge on any atom is 0.303 e. The van der Waals surface area contributed by atoms with Gasteiger partial charge in [-0.25, -0.2) is 5.01 Å². The Labute approximate surface area is 226 Å². The van der Waals surface area contributed by atoms with Crippen LogP contribution in [0.4, 0.5) is 0 Å². The summed E-state index contributed by atoms with van der Waals surface area (Å²) in [4.78, 5) is 40.9. The van der Waals surface area contributed by atoms with Gasteiger partial charge in [0.1, 0.15) is 5.75 Å². The van der Waals surface area contributed by atoms with E-state index in [1.165, 1.54) is 5.01 Å². The quantitative estimate of drug-likeness (QED) is 0.303. The van der Waals surface area contributed by atoms with Crippen LogP contribution in [0.1, 0.15) is 36.4 Å². The highest BCUT2D eigenvalue weighted by Gasteiger charge is 2.35. The molecular weight excluding hydrogens is 550 g/mol. The highest BCUT2D eigenvalue weighted by atomic mass is 79.9. The minimum absolute atomic E-state index is 0.203. The van der Waals surface area contributed by atoms with E-state index >= 15 is 0 Å². The summed E-state index contributed by atoms with van der Waals surface area (Å²) < 4.78 is 6.13. The van der Waals surface area contributed by atoms with Crippen LogP contribution in [0, 0.1) is 0 Å². The van der Waals surface area contributed by atoms with Gasteiger partial charge in [-0.05, 0) is 41.5 Å². The number of H-pyrrole nitrogens is 1. The van der Waals surface area contributed by atoms with E-state index in [1.54, 1.807) is 19.2 Å². The molecule has 1 amide bonds. The van der Waals surface area contributed by atoms with Gasteiger partial charge in [-0.1, -0.05) is 58.4 Å². The first kappa shape index (κ1) is 25.4. The Morgan fingerprint density at radius 2 is 1.79 bits per heavy atom. The number of ether oxygens (including phenoxy) is 1. The molecule has 3 aromatic carbocycles. The summed E-state index contributed by atoms with van der Waals surface area (Å²) in [7, 11) is 1.57. The van der Waals surface area contributed by atoms with Crippen molar-refractivity contribution in [3.8, 4) is 16.9 Å². The highest BCUT2D eigenvalue weighted by Crippen LogP contribution is 2.38. The monoisotopic (exact) mass is 573 g/mol. The number of nitrogens with one attached hydrogen (secondary N) is 1. The molecule has 0 bridgehead atoms. The van der Waals surface area contributed by atoms with Crippen LogP contribution in [0.15, 0.2) is 87.2 Å². The number of aliphatic carboxylic acids is 1. The van der Waals surface area contributed by atoms with E-state index in [4.69, 9.17) is 9.84 Å². The average Bonchev–Trinajstić information content (AvgIpc) is 3.37. The molecule has 5 rings (SSSR count). The number of methoxy groups -OCH3 is 1. The Balaban J connectivity index is 1.68. The number of fused-ring (bicyclic) bond motifs is 1. The van der Waals surface area contributed by atoms with Gasteiger partial charge < -0.3 is 14.8 Å². The second-order valence-corrected chi connectivity index (χ2v) is 9.85. The van der Waals surface area contributed by atoms with Gasteiger partial charge >= 0.3 is 5.97 Å². The molecule has 1 aliphatic rings. The first-order valence-electron chi connectivity index (χ1n) is 12.0. The number of carbonyl (C=O) groups is 2. The number of pyridine rings is 1. The van der Waals surface area contributed by atoms with Crippen LogP contribution < -0.4 is 10.3 Å². The molecule has 0 aliphatic carbocycles. The average molecular weight is 574 g/mol. The summed E-state index contributed by atoms with van der Waals surface area (Å²) in [5.74, 6) is -0.824. The molecule has 9 heteroatoms. The molecule has 0 saturated heterocycles. The number of hydrogen-bond acceptors (Lipinski definition) is 5. The van der Waals surface area contributed by atoms with Crippen molar-refractivity contribution in [3.63, 3.8) is 0 Å². The van der Waals surface area contributed by atoms with Crippen molar-refractivity contribution in [1.82, 2.24) is 9.99 Å². The van der Waals surface area contributed by atoms with E-state index in [0.29, 0.717) is 22.5 Å². The number of halogens is 1. The first-order chi connectivity index (χ1) is 18.4. The van der Waals surface area contributed by atoms with Gasteiger partial charge in [0, 0.05) is 33.8 Å². The molecule has 1 aliphatic heterocycles. The van der Waals surface area contributed by atoms with Crippen LogP contribution in [-0.4, -0.2) is 39.8 Å². The Bertz CT molecular complexity index is 1610. The van der Waals surface area contributed by atoms with Crippen molar-refractivity contribution >= 4 is 44.4 Å². The van der Waals surface area contributed by atoms with E-state index in [9.17, 15) is 14.4 Å². The standard InChI is InChI=1S/C29H24BrN3O5/c1-38-20-10-7-17(8-11-20)24-16-23(32-33(24)25(34)13-14-26(35)36)28-27(18-5-3-2-4-6-18)21-15-19(30)9-12-22(21)31-29(28)37/h2-12,15,24H,13-14,16H2,1H3,(H,31,37)(H,35,36). The van der Waals surface area contributed by atoms with Crippen LogP contribution in [0.25, 0.3) is 22.0 Å². The maximum atomic E-state index is 13.6. The zero-order valence-electron chi connectivity index (χ0n) is 20.5. The lowest BCUT2D eigenvalue weighted by Gasteiger charge is -2.22. The number of carboxylic acids is 1. The largest absolute Gasteiger partial charge is 0.497 e. The van der Waals surface area contributed by atoms with Crippen molar-refractivity contribution in [1.29, 1.82) is 0 Å². The molecule has 0 radical (unpaired) electrons. The fourth-order valence-electron chi connectivity index (χ4n) is 4.75. The van der Waals surface area contributed by atoms with E-state index in [-0.39, 0.29) is 24.8 Å². The van der Waals surface area contributed by atoms with Gasteiger partial charge in [0.25, 0.3) is 5.56 Å². The molecule has 1 unspecified atom stereocenters. The highest BCUT2D eigenvalue weighted by molar-refractivity contribution is 9.10. The predicted molar refractivity (Wildman–Crippen MR) is 148 cm³/mol. The number of amides is 1. The lowest BCUT2D eigenvalue weighted by atomic mass is 9.91. The van der Waals surface area contributed by atoms with Gasteiger partial charge in [-0.15, -0.1) is 0 Å². The summed E-state index contributed by atoms with van der Waals surface area (Å²) in [5.41, 5.74) is 3.57. The molecule has 2 heterocycles. The fraction of sp³-hybridized carbons (Fsp3) is 0.172. The van der Waals surface area contributed by atoms with E-state index in [0.717, 1.165) is 26.5 Å². The molecule has 4 aromatic rings. The lowest BCUT2D eigenvalue weighted by Crippen LogP contribution is -2.27. The Kier molecular flexibility index (Phi) is 7.11. The molecule has 0 saturated carbocycles. The van der Waals surface area contributed by atoms with Crippen LogP contribution in [0.2, 0.25) is 0 Å². The second-order valence-electron chi connectivity index (χ2n) is 8.93. The minimum Gasteiger partial charge on any atom is -0.497 e. The third kappa shape index (κ3) is 4.97. The van der Waals surface area contributed by atoms with Crippen LogP contribution in [0.5, 0.6) is 5.75 Å². The lowest BCUT2D eigenvalue weighted by molar-refractivity contribution is -0.141. The van der Waals surface area contributed by atoms with Crippen LogP contribution in [0.3, 0.4) is 0 Å². The summed E-state index contributed by atoms with van der Waals surface area (Å²) in [6.07, 6.45) is -0.228. The second kappa shape index (κ2) is 10.6. The van der Waals surface area contributed by atoms with Gasteiger partial charge in [0.2, 0.25) is 5.91 Å². The van der Waals surface area contributed by atoms with Crippen LogP contribution in [-0.2, 0) is 9.59 Å². The molecule has 1 aromatic heterocycles. The number of hydrazone groups is 1. The van der Waals surface area contributed by atoms with Crippen molar-refractivity contribution in [3.05, 3.63) is 98.7 Å². The Morgan fingerprint density at radius 3 is 2.47 bits per heavy atom. The minimum atomic E-state index is -1.06. The number of carbonyl (C=O) groups excluding carboxylic acids is 1. The summed E-state index contributed by atoms with van der Waals surface area (Å²) in [6, 6.07) is 22.0. The van der Waals surface area contributed by atoms with Crippen molar-refractivity contribution in [2.24, 2.45) is 5.10 Å². The van der Waals surface area contributed by atoms with E-state index in [1.807, 2.05) is 60.7 Å². The molecule has 1 atom stereocenters. The van der Waals surface area contributed by atoms with Gasteiger partial charge in [-0.2, -0.15) is 5.10 Å². The predicted octanol–water partition coefficient (Wildman–Crippen LogP) is 5.51. The van der Waals surface area contributed by atoms with Crippen LogP contribution >= 0.6 is 15.9 Å². The van der Waals surface area contributed by atoms with Crippen molar-refractivity contribution in [2.75, 3.05) is 7.11 Å². The zero-order valence-corrected chi connectivity index (χ0v) is 22.1. The Hall–Kier alpha value is -4.24. The number of rotatable bonds is 7. The molecule has 8 nitrogen and oxygen atoms in total. The number of nitrogens with zero attached hydrogens (tertiary/aromatic N) is 2. The Morgan fingerprint density at radius 1 is 1.05 bits per heavy atom. The van der Waals surface area contributed by atoms with Gasteiger partial charge in [-0.3, -0.25) is 14.4 Å². The number of aromatic amines is 1. The van der Waals surface area contributed by atoms with Crippen molar-refractivity contribution < 1.29 is 19.4 Å². The van der Waals surface area contributed by atoms with Crippen molar-refractivity contribution in [2.45, 2.75) is 25.3 Å². The van der Waals surface area contributed by atoms with Gasteiger partial charge in [0.05, 0.1) is 30.8 Å². The topological polar surface area (TPSA) is 112 Å². The third-order valence-electron chi connectivity index (χ3n) is 6.55. The summed E-state index contributed by atoms with van der Waals surface area (Å²) in [6.45, 7) is 0. The summed E-state index contributed by atoms with van der Waals surface area (Å²) in [5, 5.41) is 15.9. The number of aromatic nitrogens is 1. The molecule has 0 spiro atoms. The fourth-order valence-corrected chi connectivity index (χ4v) is 5.11. The molecule has 0 fully saturated rings.